The smallest absolute Gasteiger partial charge is 0.255 e. The van der Waals surface area contributed by atoms with Gasteiger partial charge in [0.15, 0.2) is 11.6 Å². The van der Waals surface area contributed by atoms with Crippen molar-refractivity contribution < 1.29 is 22.7 Å². The molecule has 7 nitrogen and oxygen atoms in total. The molecule has 0 radical (unpaired) electrons. The maximum absolute atomic E-state index is 13.7. The number of hydrogen-bond donors (Lipinski definition) is 0. The number of likely N-dealkylation sites (tertiary alicyclic amines) is 1. The lowest BCUT2D eigenvalue weighted by Gasteiger charge is -2.39. The minimum Gasteiger partial charge on any atom is -0.365 e. The second-order valence-electron chi connectivity index (χ2n) is 9.08. The van der Waals surface area contributed by atoms with Gasteiger partial charge < -0.3 is 14.1 Å². The molecule has 1 fully saturated rings. The summed E-state index contributed by atoms with van der Waals surface area (Å²) in [5.41, 5.74) is 3.25. The van der Waals surface area contributed by atoms with Gasteiger partial charge in [-0.2, -0.15) is 0 Å². The molecule has 3 aromatic rings. The van der Waals surface area contributed by atoms with E-state index in [0.29, 0.717) is 18.8 Å². The van der Waals surface area contributed by atoms with Crippen LogP contribution in [0.4, 0.5) is 13.2 Å². The van der Waals surface area contributed by atoms with E-state index in [9.17, 15) is 18.0 Å². The average molecular weight is 499 g/mol. The largest absolute Gasteiger partial charge is 0.365 e. The maximum Gasteiger partial charge on any atom is 0.255 e. The molecule has 188 valence electrons. The first kappa shape index (κ1) is 24.2. The van der Waals surface area contributed by atoms with Crippen molar-refractivity contribution in [2.24, 2.45) is 12.2 Å². The highest BCUT2D eigenvalue weighted by Crippen LogP contribution is 2.43. The van der Waals surface area contributed by atoms with Gasteiger partial charge in [-0.15, -0.1) is 0 Å². The van der Waals surface area contributed by atoms with E-state index >= 15 is 0 Å². The quantitative estimate of drug-likeness (QED) is 0.382. The SMILES string of the molecule is Cn1cc2c(cc1=O)C1(CCN(Cc3ccc(/C(=N/OCF)c4ccc(F)c(F)c4)nc3)CC1)OC2. The van der Waals surface area contributed by atoms with Crippen LogP contribution in [0.25, 0.3) is 0 Å². The van der Waals surface area contributed by atoms with Gasteiger partial charge in [-0.3, -0.25) is 14.7 Å². The molecule has 5 rings (SSSR count). The van der Waals surface area contributed by atoms with Crippen LogP contribution in [0.1, 0.15) is 40.8 Å². The zero-order valence-corrected chi connectivity index (χ0v) is 19.7. The lowest BCUT2D eigenvalue weighted by Crippen LogP contribution is -2.42. The summed E-state index contributed by atoms with van der Waals surface area (Å²) in [5, 5.41) is 3.71. The summed E-state index contributed by atoms with van der Waals surface area (Å²) in [7, 11) is 1.75. The zero-order valence-electron chi connectivity index (χ0n) is 19.7. The number of ether oxygens (including phenoxy) is 1. The fourth-order valence-electron chi connectivity index (χ4n) is 4.90. The molecule has 1 aromatic carbocycles. The van der Waals surface area contributed by atoms with E-state index in [1.54, 1.807) is 29.9 Å². The molecule has 0 bridgehead atoms. The van der Waals surface area contributed by atoms with Crippen molar-refractivity contribution >= 4 is 5.71 Å². The summed E-state index contributed by atoms with van der Waals surface area (Å²) in [6.45, 7) is 1.60. The van der Waals surface area contributed by atoms with Crippen LogP contribution in [0.5, 0.6) is 0 Å². The number of benzene rings is 1. The standard InChI is InChI=1S/C26H25F3N4O3/c1-32-14-19-15-35-26(20(19)11-24(32)34)6-8-33(9-7-26)13-17-2-5-23(30-12-17)25(31-36-16-27)18-3-4-21(28)22(29)10-18/h2-5,10-12,14H,6-9,13,15-16H2,1H3/b31-25+. The van der Waals surface area contributed by atoms with Crippen LogP contribution in [-0.2, 0) is 35.4 Å². The Labute approximate surface area is 205 Å². The summed E-state index contributed by atoms with van der Waals surface area (Å²) in [5.74, 6) is -2.04. The molecule has 0 N–H and O–H groups in total. The van der Waals surface area contributed by atoms with Crippen molar-refractivity contribution in [1.29, 1.82) is 0 Å². The minimum absolute atomic E-state index is 0.0320. The van der Waals surface area contributed by atoms with E-state index in [4.69, 9.17) is 4.74 Å². The molecule has 0 aliphatic carbocycles. The van der Waals surface area contributed by atoms with Gasteiger partial charge in [-0.1, -0.05) is 11.2 Å². The summed E-state index contributed by atoms with van der Waals surface area (Å²) in [6, 6.07) is 8.53. The van der Waals surface area contributed by atoms with E-state index in [0.717, 1.165) is 54.8 Å². The third-order valence-electron chi connectivity index (χ3n) is 6.84. The molecule has 36 heavy (non-hydrogen) atoms. The Balaban J connectivity index is 1.27. The summed E-state index contributed by atoms with van der Waals surface area (Å²) in [4.78, 5) is 23.4. The first-order valence-electron chi connectivity index (χ1n) is 11.6. The van der Waals surface area contributed by atoms with Crippen molar-refractivity contribution in [3.63, 3.8) is 0 Å². The summed E-state index contributed by atoms with van der Waals surface area (Å²) in [6.07, 6.45) is 5.11. The summed E-state index contributed by atoms with van der Waals surface area (Å²) < 4.78 is 47.4. The van der Waals surface area contributed by atoms with Gasteiger partial charge in [0, 0.05) is 56.3 Å². The maximum atomic E-state index is 13.7. The molecule has 2 aliphatic rings. The molecule has 2 aromatic heterocycles. The van der Waals surface area contributed by atoms with Crippen molar-refractivity contribution in [3.8, 4) is 0 Å². The van der Waals surface area contributed by atoms with Crippen molar-refractivity contribution in [2.45, 2.75) is 31.6 Å². The van der Waals surface area contributed by atoms with E-state index < -0.39 is 24.1 Å². The normalized spacial score (nSPS) is 17.4. The lowest BCUT2D eigenvalue weighted by atomic mass is 9.84. The van der Waals surface area contributed by atoms with Crippen LogP contribution in [-0.4, -0.2) is 40.1 Å². The number of nitrogens with zero attached hydrogens (tertiary/aromatic N) is 4. The molecule has 4 heterocycles. The molecule has 0 saturated carbocycles. The zero-order chi connectivity index (χ0) is 25.3. The highest BCUT2D eigenvalue weighted by Gasteiger charge is 2.43. The predicted molar refractivity (Wildman–Crippen MR) is 126 cm³/mol. The first-order valence-corrected chi connectivity index (χ1v) is 11.6. The Bertz CT molecular complexity index is 1350. The lowest BCUT2D eigenvalue weighted by molar-refractivity contribution is -0.0799. The van der Waals surface area contributed by atoms with Gasteiger partial charge >= 0.3 is 0 Å². The Morgan fingerprint density at radius 1 is 1.17 bits per heavy atom. The molecular formula is C26H25F3N4O3. The number of halogens is 3. The van der Waals surface area contributed by atoms with Crippen molar-refractivity contribution in [3.05, 3.63) is 98.7 Å². The highest BCUT2D eigenvalue weighted by molar-refractivity contribution is 6.11. The molecule has 0 amide bonds. The molecule has 10 heteroatoms. The third-order valence-corrected chi connectivity index (χ3v) is 6.84. The number of pyridine rings is 2. The number of rotatable bonds is 6. The van der Waals surface area contributed by atoms with Crippen LogP contribution in [0.3, 0.4) is 0 Å². The van der Waals surface area contributed by atoms with Crippen LogP contribution in [0, 0.1) is 11.6 Å². The average Bonchev–Trinajstić information content (AvgIpc) is 3.20. The Morgan fingerprint density at radius 2 is 1.97 bits per heavy atom. The molecular weight excluding hydrogens is 473 g/mol. The Morgan fingerprint density at radius 3 is 2.67 bits per heavy atom. The molecule has 2 aliphatic heterocycles. The number of piperidine rings is 1. The number of aryl methyl sites for hydroxylation is 1. The predicted octanol–water partition coefficient (Wildman–Crippen LogP) is 3.78. The van der Waals surface area contributed by atoms with Gasteiger partial charge in [0.2, 0.25) is 0 Å². The Hall–Kier alpha value is -3.50. The number of alkyl halides is 1. The number of fused-ring (bicyclic) bond motifs is 2. The molecule has 0 unspecified atom stereocenters. The Kier molecular flexibility index (Phi) is 6.63. The molecule has 1 saturated heterocycles. The first-order chi connectivity index (χ1) is 17.4. The van der Waals surface area contributed by atoms with Gasteiger partial charge in [0.1, 0.15) is 5.71 Å². The monoisotopic (exact) mass is 498 g/mol. The second kappa shape index (κ2) is 9.87. The minimum atomic E-state index is -1.16. The molecule has 1 spiro atoms. The summed E-state index contributed by atoms with van der Waals surface area (Å²) >= 11 is 0. The fourth-order valence-corrected chi connectivity index (χ4v) is 4.90. The number of hydrogen-bond acceptors (Lipinski definition) is 6. The van der Waals surface area contributed by atoms with Crippen molar-refractivity contribution in [2.75, 3.05) is 20.0 Å². The molecule has 0 atom stereocenters. The van der Waals surface area contributed by atoms with Gasteiger partial charge in [0.05, 0.1) is 17.9 Å². The van der Waals surface area contributed by atoms with E-state index in [2.05, 4.69) is 19.9 Å². The van der Waals surface area contributed by atoms with E-state index in [1.807, 2.05) is 12.3 Å². The van der Waals surface area contributed by atoms with E-state index in [1.165, 1.54) is 6.07 Å². The van der Waals surface area contributed by atoms with Gasteiger partial charge in [-0.05, 0) is 48.2 Å². The van der Waals surface area contributed by atoms with E-state index in [-0.39, 0.29) is 16.8 Å². The van der Waals surface area contributed by atoms with Gasteiger partial charge in [-0.25, -0.2) is 13.2 Å². The second-order valence-corrected chi connectivity index (χ2v) is 9.08. The fraction of sp³-hybridized carbons (Fsp3) is 0.346. The van der Waals surface area contributed by atoms with Crippen molar-refractivity contribution in [1.82, 2.24) is 14.5 Å². The van der Waals surface area contributed by atoms with Crippen LogP contribution in [0.15, 0.2) is 58.7 Å². The highest BCUT2D eigenvalue weighted by atomic mass is 19.2. The van der Waals surface area contributed by atoms with Crippen LogP contribution < -0.4 is 5.56 Å². The van der Waals surface area contributed by atoms with Crippen LogP contribution in [0.2, 0.25) is 0 Å². The van der Waals surface area contributed by atoms with Gasteiger partial charge in [0.25, 0.3) is 12.4 Å². The topological polar surface area (TPSA) is 69.0 Å². The van der Waals surface area contributed by atoms with Crippen LogP contribution >= 0.6 is 0 Å². The third kappa shape index (κ3) is 4.66. The number of oxime groups is 1. The number of aromatic nitrogens is 2.